The Hall–Kier alpha value is -3.36. The summed E-state index contributed by atoms with van der Waals surface area (Å²) in [5, 5.41) is 13.0. The van der Waals surface area contributed by atoms with E-state index in [0.29, 0.717) is 40.7 Å². The van der Waals surface area contributed by atoms with Crippen molar-refractivity contribution < 1.29 is 13.9 Å². The van der Waals surface area contributed by atoms with Gasteiger partial charge in [-0.3, -0.25) is 4.79 Å². The minimum Gasteiger partial charge on any atom is -0.492 e. The number of halogens is 1. The Kier molecular flexibility index (Phi) is 3.83. The van der Waals surface area contributed by atoms with Crippen LogP contribution in [0.4, 0.5) is 21.7 Å². The van der Waals surface area contributed by atoms with Crippen LogP contribution in [-0.2, 0) is 0 Å². The molecule has 0 fully saturated rings. The molecule has 3 N–H and O–H groups in total. The molecule has 0 aliphatic carbocycles. The molecule has 1 aromatic carbocycles. The largest absolute Gasteiger partial charge is 0.492 e. The Morgan fingerprint density at radius 3 is 3.00 bits per heavy atom. The molecular formula is C17H17FN6O2. The number of nitrogens with one attached hydrogen (secondary N) is 3. The van der Waals surface area contributed by atoms with E-state index < -0.39 is 0 Å². The molecule has 0 unspecified atom stereocenters. The van der Waals surface area contributed by atoms with E-state index >= 15 is 0 Å². The van der Waals surface area contributed by atoms with Gasteiger partial charge in [0.1, 0.15) is 35.4 Å². The second kappa shape index (κ2) is 6.17. The Bertz CT molecular complexity index is 1020. The SMILES string of the molecule is CNc1cc2nc3c(cnn13)C(=O)NCCOc1cc(C)c(F)c(c1)N2. The van der Waals surface area contributed by atoms with Gasteiger partial charge in [0, 0.05) is 19.2 Å². The summed E-state index contributed by atoms with van der Waals surface area (Å²) in [5.74, 6) is 0.811. The van der Waals surface area contributed by atoms with Crippen molar-refractivity contribution in [1.82, 2.24) is 19.9 Å². The number of fused-ring (bicyclic) bond motifs is 3. The second-order valence-electron chi connectivity index (χ2n) is 5.90. The van der Waals surface area contributed by atoms with Gasteiger partial charge in [-0.05, 0) is 18.6 Å². The Morgan fingerprint density at radius 2 is 2.19 bits per heavy atom. The van der Waals surface area contributed by atoms with Crippen molar-refractivity contribution >= 4 is 28.9 Å². The fraction of sp³-hybridized carbons (Fsp3) is 0.235. The summed E-state index contributed by atoms with van der Waals surface area (Å²) >= 11 is 0. The van der Waals surface area contributed by atoms with Crippen LogP contribution in [0, 0.1) is 12.7 Å². The van der Waals surface area contributed by atoms with E-state index in [4.69, 9.17) is 4.74 Å². The summed E-state index contributed by atoms with van der Waals surface area (Å²) in [6.07, 6.45) is 1.45. The topological polar surface area (TPSA) is 92.6 Å². The van der Waals surface area contributed by atoms with Gasteiger partial charge >= 0.3 is 0 Å². The van der Waals surface area contributed by atoms with Gasteiger partial charge in [-0.1, -0.05) is 0 Å². The van der Waals surface area contributed by atoms with Crippen LogP contribution in [0.25, 0.3) is 5.65 Å². The lowest BCUT2D eigenvalue weighted by Gasteiger charge is -2.13. The number of ether oxygens (including phenoxy) is 1. The first-order valence-corrected chi connectivity index (χ1v) is 8.11. The highest BCUT2D eigenvalue weighted by atomic mass is 19.1. The lowest BCUT2D eigenvalue weighted by atomic mass is 10.2. The van der Waals surface area contributed by atoms with E-state index in [1.807, 2.05) is 0 Å². The van der Waals surface area contributed by atoms with E-state index in [9.17, 15) is 9.18 Å². The normalized spacial score (nSPS) is 13.9. The maximum atomic E-state index is 14.5. The maximum Gasteiger partial charge on any atom is 0.256 e. The van der Waals surface area contributed by atoms with E-state index in [0.717, 1.165) is 0 Å². The first kappa shape index (κ1) is 16.1. The van der Waals surface area contributed by atoms with Crippen molar-refractivity contribution in [3.8, 4) is 5.75 Å². The number of amides is 1. The number of rotatable bonds is 1. The third-order valence-electron chi connectivity index (χ3n) is 4.12. The molecule has 8 nitrogen and oxygen atoms in total. The Balaban J connectivity index is 1.92. The van der Waals surface area contributed by atoms with Crippen LogP contribution in [0.5, 0.6) is 5.75 Å². The van der Waals surface area contributed by atoms with Crippen molar-refractivity contribution in [2.75, 3.05) is 30.8 Å². The highest BCUT2D eigenvalue weighted by Crippen LogP contribution is 2.29. The minimum absolute atomic E-state index is 0.249. The van der Waals surface area contributed by atoms with Gasteiger partial charge in [0.15, 0.2) is 5.65 Å². The van der Waals surface area contributed by atoms with E-state index in [2.05, 4.69) is 26.0 Å². The lowest BCUT2D eigenvalue weighted by Crippen LogP contribution is -2.28. The number of anilines is 3. The number of hydrogen-bond donors (Lipinski definition) is 3. The summed E-state index contributed by atoms with van der Waals surface area (Å²) in [4.78, 5) is 16.9. The predicted molar refractivity (Wildman–Crippen MR) is 94.8 cm³/mol. The number of aryl methyl sites for hydroxylation is 1. The van der Waals surface area contributed by atoms with Crippen LogP contribution in [0.3, 0.4) is 0 Å². The summed E-state index contributed by atoms with van der Waals surface area (Å²) in [7, 11) is 1.73. The number of nitrogens with zero attached hydrogens (tertiary/aromatic N) is 3. The average molecular weight is 356 g/mol. The smallest absolute Gasteiger partial charge is 0.256 e. The average Bonchev–Trinajstić information content (AvgIpc) is 3.05. The van der Waals surface area contributed by atoms with Gasteiger partial charge < -0.3 is 20.7 Å². The molecule has 1 aliphatic heterocycles. The van der Waals surface area contributed by atoms with Crippen LogP contribution in [0.15, 0.2) is 24.4 Å². The quantitative estimate of drug-likeness (QED) is 0.618. The lowest BCUT2D eigenvalue weighted by molar-refractivity contribution is 0.0948. The van der Waals surface area contributed by atoms with Gasteiger partial charge in [-0.25, -0.2) is 9.37 Å². The van der Waals surface area contributed by atoms with Crippen molar-refractivity contribution in [2.24, 2.45) is 0 Å². The molecule has 3 heterocycles. The zero-order valence-electron chi connectivity index (χ0n) is 14.3. The Labute approximate surface area is 148 Å². The molecule has 26 heavy (non-hydrogen) atoms. The van der Waals surface area contributed by atoms with E-state index in [-0.39, 0.29) is 24.0 Å². The van der Waals surface area contributed by atoms with Gasteiger partial charge in [0.05, 0.1) is 18.4 Å². The van der Waals surface area contributed by atoms with Crippen molar-refractivity contribution in [3.63, 3.8) is 0 Å². The Morgan fingerprint density at radius 1 is 1.35 bits per heavy atom. The summed E-state index contributed by atoms with van der Waals surface area (Å²) in [6.45, 7) is 2.22. The molecular weight excluding hydrogens is 339 g/mol. The highest BCUT2D eigenvalue weighted by Gasteiger charge is 2.18. The minimum atomic E-state index is -0.386. The number of carbonyl (C=O) groups excluding carboxylic acids is 1. The molecule has 2 aromatic heterocycles. The number of carbonyl (C=O) groups is 1. The monoisotopic (exact) mass is 356 g/mol. The van der Waals surface area contributed by atoms with Gasteiger partial charge in [0.25, 0.3) is 5.91 Å². The number of aromatic nitrogens is 3. The van der Waals surface area contributed by atoms with Crippen molar-refractivity contribution in [2.45, 2.75) is 6.92 Å². The number of hydrogen-bond acceptors (Lipinski definition) is 6. The van der Waals surface area contributed by atoms with E-state index in [1.165, 1.54) is 10.7 Å². The third-order valence-corrected chi connectivity index (χ3v) is 4.12. The molecule has 4 rings (SSSR count). The number of benzene rings is 1. The summed E-state index contributed by atoms with van der Waals surface area (Å²) < 4.78 is 21.7. The molecule has 0 spiro atoms. The molecule has 0 saturated carbocycles. The second-order valence-corrected chi connectivity index (χ2v) is 5.90. The van der Waals surface area contributed by atoms with Gasteiger partial charge in [0.2, 0.25) is 0 Å². The first-order valence-electron chi connectivity index (χ1n) is 8.11. The molecule has 1 aliphatic rings. The zero-order chi connectivity index (χ0) is 18.3. The molecule has 134 valence electrons. The first-order chi connectivity index (χ1) is 12.6. The summed E-state index contributed by atoms with van der Waals surface area (Å²) in [5.41, 5.74) is 1.39. The maximum absolute atomic E-state index is 14.5. The molecule has 9 heteroatoms. The van der Waals surface area contributed by atoms with E-state index in [1.54, 1.807) is 32.2 Å². The van der Waals surface area contributed by atoms with Crippen LogP contribution >= 0.6 is 0 Å². The van der Waals surface area contributed by atoms with Crippen LogP contribution in [-0.4, -0.2) is 40.7 Å². The predicted octanol–water partition coefficient (Wildman–Crippen LogP) is 2.08. The molecule has 1 amide bonds. The van der Waals surface area contributed by atoms with Gasteiger partial charge in [-0.15, -0.1) is 0 Å². The zero-order valence-corrected chi connectivity index (χ0v) is 14.3. The molecule has 0 saturated heterocycles. The molecule has 0 atom stereocenters. The third kappa shape index (κ3) is 2.67. The van der Waals surface area contributed by atoms with Crippen LogP contribution in [0.2, 0.25) is 0 Å². The van der Waals surface area contributed by atoms with Crippen LogP contribution in [0.1, 0.15) is 15.9 Å². The highest BCUT2D eigenvalue weighted by molar-refractivity contribution is 6.00. The fourth-order valence-electron chi connectivity index (χ4n) is 2.84. The molecule has 3 aromatic rings. The fourth-order valence-corrected chi connectivity index (χ4v) is 2.84. The molecule has 0 radical (unpaired) electrons. The van der Waals surface area contributed by atoms with Gasteiger partial charge in [-0.2, -0.15) is 9.61 Å². The van der Waals surface area contributed by atoms with Crippen molar-refractivity contribution in [3.05, 3.63) is 41.3 Å². The standard InChI is InChI=1S/C17H17FN6O2/c1-9-5-10-6-12(15(9)18)22-13-7-14(19-2)24-16(23-13)11(8-21-24)17(25)20-3-4-26-10/h5-8,19H,3-4H2,1-2H3,(H,20,25)(H,22,23). The van der Waals surface area contributed by atoms with Crippen LogP contribution < -0.4 is 20.7 Å². The molecule has 4 bridgehead atoms. The van der Waals surface area contributed by atoms with Crippen molar-refractivity contribution in [1.29, 1.82) is 0 Å². The summed E-state index contributed by atoms with van der Waals surface area (Å²) in [6, 6.07) is 4.88.